The molecule has 0 heterocycles. The van der Waals surface area contributed by atoms with Crippen LogP contribution in [-0.4, -0.2) is 6.61 Å². The highest BCUT2D eigenvalue weighted by molar-refractivity contribution is 6.32. The van der Waals surface area contributed by atoms with Crippen molar-refractivity contribution < 1.29 is 4.74 Å². The molecule has 0 aliphatic carbocycles. The molecule has 13 heavy (non-hydrogen) atoms. The summed E-state index contributed by atoms with van der Waals surface area (Å²) in [5.41, 5.74) is 6.20. The van der Waals surface area contributed by atoms with Gasteiger partial charge in [-0.05, 0) is 24.1 Å². The first-order chi connectivity index (χ1) is 6.09. The fourth-order valence-electron chi connectivity index (χ4n) is 0.891. The van der Waals surface area contributed by atoms with E-state index in [9.17, 15) is 0 Å². The molecule has 72 valence electrons. The Morgan fingerprint density at radius 1 is 1.46 bits per heavy atom. The third-order valence-electron chi connectivity index (χ3n) is 1.53. The summed E-state index contributed by atoms with van der Waals surface area (Å²) in [6, 6.07) is 5.26. The van der Waals surface area contributed by atoms with Gasteiger partial charge in [0.1, 0.15) is 5.75 Å². The fraction of sp³-hybridized carbons (Fsp3) is 0.400. The Bertz CT molecular complexity index is 286. The largest absolute Gasteiger partial charge is 0.492 e. The summed E-state index contributed by atoms with van der Waals surface area (Å²) >= 11 is 5.91. The van der Waals surface area contributed by atoms with Gasteiger partial charge in [0.05, 0.1) is 11.6 Å². The monoisotopic (exact) mass is 199 g/mol. The number of benzene rings is 1. The van der Waals surface area contributed by atoms with E-state index in [4.69, 9.17) is 22.1 Å². The van der Waals surface area contributed by atoms with E-state index in [1.165, 1.54) is 0 Å². The predicted octanol–water partition coefficient (Wildman–Crippen LogP) is 2.96. The van der Waals surface area contributed by atoms with Gasteiger partial charge in [-0.15, -0.1) is 0 Å². The van der Waals surface area contributed by atoms with E-state index < -0.39 is 0 Å². The molecule has 1 aromatic rings. The molecular weight excluding hydrogens is 186 g/mol. The smallest absolute Gasteiger partial charge is 0.138 e. The molecule has 1 rings (SSSR count). The van der Waals surface area contributed by atoms with E-state index in [2.05, 4.69) is 13.8 Å². The lowest BCUT2D eigenvalue weighted by Crippen LogP contribution is -2.04. The normalized spacial score (nSPS) is 10.5. The minimum absolute atomic E-state index is 0.494. The number of nitrogens with two attached hydrogens (primary N) is 1. The molecule has 0 unspecified atom stereocenters. The molecule has 0 aromatic heterocycles. The highest BCUT2D eigenvalue weighted by Gasteiger charge is 2.02. The molecule has 2 nitrogen and oxygen atoms in total. The van der Waals surface area contributed by atoms with Gasteiger partial charge < -0.3 is 10.5 Å². The van der Waals surface area contributed by atoms with Crippen molar-refractivity contribution >= 4 is 17.3 Å². The zero-order chi connectivity index (χ0) is 9.84. The molecule has 0 fully saturated rings. The van der Waals surface area contributed by atoms with E-state index in [-0.39, 0.29) is 0 Å². The summed E-state index contributed by atoms with van der Waals surface area (Å²) in [7, 11) is 0. The minimum Gasteiger partial charge on any atom is -0.492 e. The summed E-state index contributed by atoms with van der Waals surface area (Å²) < 4.78 is 5.47. The average Bonchev–Trinajstić information content (AvgIpc) is 2.02. The van der Waals surface area contributed by atoms with Crippen LogP contribution in [0.4, 0.5) is 5.69 Å². The maximum atomic E-state index is 5.91. The van der Waals surface area contributed by atoms with Crippen LogP contribution in [0.5, 0.6) is 5.75 Å². The molecule has 0 radical (unpaired) electrons. The third-order valence-corrected chi connectivity index (χ3v) is 1.82. The van der Waals surface area contributed by atoms with Gasteiger partial charge >= 0.3 is 0 Å². The van der Waals surface area contributed by atoms with Crippen molar-refractivity contribution in [3.63, 3.8) is 0 Å². The molecule has 2 N–H and O–H groups in total. The maximum absolute atomic E-state index is 5.91. The van der Waals surface area contributed by atoms with Gasteiger partial charge in [-0.25, -0.2) is 0 Å². The van der Waals surface area contributed by atoms with Crippen molar-refractivity contribution in [1.82, 2.24) is 0 Å². The number of halogens is 1. The van der Waals surface area contributed by atoms with Crippen molar-refractivity contribution in [3.8, 4) is 5.75 Å². The van der Waals surface area contributed by atoms with Gasteiger partial charge in [0.25, 0.3) is 0 Å². The Morgan fingerprint density at radius 2 is 2.15 bits per heavy atom. The first kappa shape index (κ1) is 10.2. The molecule has 1 aromatic carbocycles. The van der Waals surface area contributed by atoms with Gasteiger partial charge in [0.15, 0.2) is 0 Å². The first-order valence-corrected chi connectivity index (χ1v) is 4.65. The van der Waals surface area contributed by atoms with E-state index in [0.717, 1.165) is 0 Å². The summed E-state index contributed by atoms with van der Waals surface area (Å²) in [5.74, 6) is 1.19. The second-order valence-corrected chi connectivity index (χ2v) is 3.80. The van der Waals surface area contributed by atoms with Gasteiger partial charge in [-0.1, -0.05) is 25.4 Å². The van der Waals surface area contributed by atoms with Crippen molar-refractivity contribution in [3.05, 3.63) is 23.2 Å². The average molecular weight is 200 g/mol. The van der Waals surface area contributed by atoms with Gasteiger partial charge in [0, 0.05) is 5.69 Å². The van der Waals surface area contributed by atoms with E-state index in [0.29, 0.717) is 29.0 Å². The quantitative estimate of drug-likeness (QED) is 0.760. The second kappa shape index (κ2) is 4.38. The lowest BCUT2D eigenvalue weighted by molar-refractivity contribution is 0.271. The van der Waals surface area contributed by atoms with Crippen LogP contribution < -0.4 is 10.5 Å². The standard InChI is InChI=1S/C10H14ClNO/c1-7(2)6-13-10-4-3-8(12)5-9(10)11/h3-5,7H,6,12H2,1-2H3. The van der Waals surface area contributed by atoms with Gasteiger partial charge in [-0.3, -0.25) is 0 Å². The molecule has 0 aliphatic heterocycles. The Labute approximate surface area is 83.6 Å². The number of hydrogen-bond donors (Lipinski definition) is 1. The molecule has 0 atom stereocenters. The zero-order valence-corrected chi connectivity index (χ0v) is 8.64. The molecule has 0 saturated carbocycles. The van der Waals surface area contributed by atoms with E-state index >= 15 is 0 Å². The van der Waals surface area contributed by atoms with Crippen LogP contribution >= 0.6 is 11.6 Å². The van der Waals surface area contributed by atoms with Crippen molar-refractivity contribution in [2.45, 2.75) is 13.8 Å². The van der Waals surface area contributed by atoms with Crippen molar-refractivity contribution in [1.29, 1.82) is 0 Å². The lowest BCUT2D eigenvalue weighted by Gasteiger charge is -2.10. The molecule has 3 heteroatoms. The molecule has 0 spiro atoms. The van der Waals surface area contributed by atoms with Crippen LogP contribution in [0.25, 0.3) is 0 Å². The number of ether oxygens (including phenoxy) is 1. The Balaban J connectivity index is 2.67. The van der Waals surface area contributed by atoms with Crippen LogP contribution in [0.1, 0.15) is 13.8 Å². The first-order valence-electron chi connectivity index (χ1n) is 4.27. The maximum Gasteiger partial charge on any atom is 0.138 e. The summed E-state index contributed by atoms with van der Waals surface area (Å²) in [6.07, 6.45) is 0. The topological polar surface area (TPSA) is 35.2 Å². The van der Waals surface area contributed by atoms with Crippen molar-refractivity contribution in [2.24, 2.45) is 5.92 Å². The number of hydrogen-bond acceptors (Lipinski definition) is 2. The van der Waals surface area contributed by atoms with Crippen LogP contribution in [0.15, 0.2) is 18.2 Å². The predicted molar refractivity (Wildman–Crippen MR) is 56.2 cm³/mol. The van der Waals surface area contributed by atoms with Gasteiger partial charge in [0.2, 0.25) is 0 Å². The van der Waals surface area contributed by atoms with Crippen LogP contribution in [0.2, 0.25) is 5.02 Å². The van der Waals surface area contributed by atoms with Crippen LogP contribution in [0.3, 0.4) is 0 Å². The fourth-order valence-corrected chi connectivity index (χ4v) is 1.13. The molecular formula is C10H14ClNO. The van der Waals surface area contributed by atoms with Crippen LogP contribution in [-0.2, 0) is 0 Å². The minimum atomic E-state index is 0.494. The third kappa shape index (κ3) is 3.15. The highest BCUT2D eigenvalue weighted by atomic mass is 35.5. The molecule has 0 bridgehead atoms. The number of nitrogen functional groups attached to an aromatic ring is 1. The Hall–Kier alpha value is -0.890. The SMILES string of the molecule is CC(C)COc1ccc(N)cc1Cl. The van der Waals surface area contributed by atoms with Crippen LogP contribution in [0, 0.1) is 5.92 Å². The molecule has 0 saturated heterocycles. The Morgan fingerprint density at radius 3 is 2.69 bits per heavy atom. The highest BCUT2D eigenvalue weighted by Crippen LogP contribution is 2.26. The lowest BCUT2D eigenvalue weighted by atomic mass is 10.2. The number of anilines is 1. The zero-order valence-electron chi connectivity index (χ0n) is 7.88. The molecule has 0 aliphatic rings. The Kier molecular flexibility index (Phi) is 3.43. The summed E-state index contributed by atoms with van der Waals surface area (Å²) in [6.45, 7) is 4.85. The van der Waals surface area contributed by atoms with Gasteiger partial charge in [-0.2, -0.15) is 0 Å². The van der Waals surface area contributed by atoms with Crippen molar-refractivity contribution in [2.75, 3.05) is 12.3 Å². The molecule has 0 amide bonds. The number of rotatable bonds is 3. The summed E-state index contributed by atoms with van der Waals surface area (Å²) in [5, 5.41) is 0.570. The second-order valence-electron chi connectivity index (χ2n) is 3.39. The van der Waals surface area contributed by atoms with E-state index in [1.807, 2.05) is 0 Å². The van der Waals surface area contributed by atoms with E-state index in [1.54, 1.807) is 18.2 Å². The summed E-state index contributed by atoms with van der Waals surface area (Å²) in [4.78, 5) is 0.